The molecule has 4 heteroatoms. The molecule has 0 unspecified atom stereocenters. The first-order valence-corrected chi connectivity index (χ1v) is 7.07. The summed E-state index contributed by atoms with van der Waals surface area (Å²) in [5.74, 6) is 1.64. The Morgan fingerprint density at radius 3 is 2.67 bits per heavy atom. The van der Waals surface area contributed by atoms with Crippen molar-refractivity contribution in [1.29, 1.82) is 0 Å². The van der Waals surface area contributed by atoms with Crippen LogP contribution in [0.5, 0.6) is 0 Å². The molecule has 0 saturated carbocycles. The fourth-order valence-electron chi connectivity index (χ4n) is 1.60. The highest BCUT2D eigenvalue weighted by molar-refractivity contribution is 7.97. The van der Waals surface area contributed by atoms with Gasteiger partial charge in [-0.25, -0.2) is 0 Å². The first-order chi connectivity index (χ1) is 8.79. The van der Waals surface area contributed by atoms with Crippen molar-refractivity contribution in [2.75, 3.05) is 6.26 Å². The lowest BCUT2D eigenvalue weighted by atomic mass is 10.1. The van der Waals surface area contributed by atoms with Gasteiger partial charge in [0.05, 0.1) is 12.8 Å². The molecule has 0 spiro atoms. The zero-order valence-corrected chi connectivity index (χ0v) is 11.0. The van der Waals surface area contributed by atoms with Crippen molar-refractivity contribution >= 4 is 17.7 Å². The van der Waals surface area contributed by atoms with Crippen LogP contribution in [-0.4, -0.2) is 12.2 Å². The van der Waals surface area contributed by atoms with Crippen LogP contribution in [0.25, 0.3) is 0 Å². The Hall–Kier alpha value is -1.68. The third kappa shape index (κ3) is 3.40. The molecule has 0 radical (unpaired) electrons. The second-order valence-corrected chi connectivity index (χ2v) is 4.76. The summed E-state index contributed by atoms with van der Waals surface area (Å²) >= 11 is 1.76. The van der Waals surface area contributed by atoms with E-state index in [9.17, 15) is 4.79 Å². The summed E-state index contributed by atoms with van der Waals surface area (Å²) in [7, 11) is 0. The standard InChI is InChI=1S/C14H15NO2S/c1-18-10-11-4-6-12(7-5-11)14(16)15-9-13-3-2-8-17-13/h2-8H,9-10H2,1H3,(H,15,16). The third-order valence-electron chi connectivity index (χ3n) is 2.53. The highest BCUT2D eigenvalue weighted by atomic mass is 32.2. The van der Waals surface area contributed by atoms with Gasteiger partial charge >= 0.3 is 0 Å². The van der Waals surface area contributed by atoms with E-state index in [4.69, 9.17) is 4.42 Å². The lowest BCUT2D eigenvalue weighted by molar-refractivity contribution is 0.0948. The quantitative estimate of drug-likeness (QED) is 0.899. The minimum atomic E-state index is -0.0814. The minimum absolute atomic E-state index is 0.0814. The second kappa shape index (κ2) is 6.31. The summed E-state index contributed by atoms with van der Waals surface area (Å²) in [5, 5.41) is 2.81. The van der Waals surface area contributed by atoms with Crippen LogP contribution < -0.4 is 5.32 Å². The largest absolute Gasteiger partial charge is 0.467 e. The van der Waals surface area contributed by atoms with Crippen LogP contribution in [0.3, 0.4) is 0 Å². The molecule has 3 nitrogen and oxygen atoms in total. The van der Waals surface area contributed by atoms with Crippen molar-refractivity contribution in [1.82, 2.24) is 5.32 Å². The molecule has 94 valence electrons. The van der Waals surface area contributed by atoms with E-state index < -0.39 is 0 Å². The van der Waals surface area contributed by atoms with Crippen molar-refractivity contribution in [2.45, 2.75) is 12.3 Å². The summed E-state index contributed by atoms with van der Waals surface area (Å²) in [6.45, 7) is 0.415. The lowest BCUT2D eigenvalue weighted by Crippen LogP contribution is -2.22. The molecule has 1 heterocycles. The zero-order valence-electron chi connectivity index (χ0n) is 10.2. The van der Waals surface area contributed by atoms with Gasteiger partial charge in [-0.15, -0.1) is 0 Å². The van der Waals surface area contributed by atoms with E-state index in [0.29, 0.717) is 12.1 Å². The van der Waals surface area contributed by atoms with Crippen LogP contribution >= 0.6 is 11.8 Å². The number of furan rings is 1. The van der Waals surface area contributed by atoms with Gasteiger partial charge in [0.15, 0.2) is 0 Å². The Labute approximate surface area is 111 Å². The van der Waals surface area contributed by atoms with Crippen molar-refractivity contribution in [3.63, 3.8) is 0 Å². The molecular weight excluding hydrogens is 246 g/mol. The predicted molar refractivity (Wildman–Crippen MR) is 73.5 cm³/mol. The van der Waals surface area contributed by atoms with E-state index in [2.05, 4.69) is 11.6 Å². The number of hydrogen-bond acceptors (Lipinski definition) is 3. The Morgan fingerprint density at radius 2 is 2.06 bits per heavy atom. The fraction of sp³-hybridized carbons (Fsp3) is 0.214. The average Bonchev–Trinajstić information content (AvgIpc) is 2.90. The summed E-state index contributed by atoms with van der Waals surface area (Å²) in [6, 6.07) is 11.3. The van der Waals surface area contributed by atoms with Crippen LogP contribution in [0.4, 0.5) is 0 Å². The smallest absolute Gasteiger partial charge is 0.251 e. The number of nitrogens with one attached hydrogen (secondary N) is 1. The lowest BCUT2D eigenvalue weighted by Gasteiger charge is -2.04. The molecule has 1 aromatic carbocycles. The number of thioether (sulfide) groups is 1. The molecule has 1 amide bonds. The van der Waals surface area contributed by atoms with Gasteiger partial charge in [0.1, 0.15) is 5.76 Å². The number of carbonyl (C=O) groups is 1. The van der Waals surface area contributed by atoms with E-state index in [1.807, 2.05) is 30.3 Å². The van der Waals surface area contributed by atoms with E-state index in [1.165, 1.54) is 5.56 Å². The molecule has 0 aliphatic heterocycles. The highest BCUT2D eigenvalue weighted by Gasteiger charge is 2.05. The van der Waals surface area contributed by atoms with Gasteiger partial charge in [0.2, 0.25) is 0 Å². The van der Waals surface area contributed by atoms with Crippen LogP contribution in [0.15, 0.2) is 47.1 Å². The Balaban J connectivity index is 1.92. The second-order valence-electron chi connectivity index (χ2n) is 3.89. The maximum absolute atomic E-state index is 11.9. The van der Waals surface area contributed by atoms with E-state index >= 15 is 0 Å². The molecule has 0 fully saturated rings. The Kier molecular flexibility index (Phi) is 4.47. The van der Waals surface area contributed by atoms with Crippen LogP contribution in [0.2, 0.25) is 0 Å². The topological polar surface area (TPSA) is 42.2 Å². The van der Waals surface area contributed by atoms with Crippen LogP contribution in [-0.2, 0) is 12.3 Å². The van der Waals surface area contributed by atoms with Gasteiger partial charge in [-0.1, -0.05) is 12.1 Å². The van der Waals surface area contributed by atoms with Gasteiger partial charge in [-0.3, -0.25) is 4.79 Å². The van der Waals surface area contributed by atoms with E-state index in [0.717, 1.165) is 11.5 Å². The number of rotatable bonds is 5. The predicted octanol–water partition coefficient (Wildman–Crippen LogP) is 3.07. The molecule has 0 atom stereocenters. The Bertz CT molecular complexity index is 491. The number of hydrogen-bond donors (Lipinski definition) is 1. The van der Waals surface area contributed by atoms with Crippen molar-refractivity contribution < 1.29 is 9.21 Å². The molecule has 1 aromatic heterocycles. The summed E-state index contributed by atoms with van der Waals surface area (Å²) in [5.41, 5.74) is 1.90. The first-order valence-electron chi connectivity index (χ1n) is 5.68. The average molecular weight is 261 g/mol. The van der Waals surface area contributed by atoms with Gasteiger partial charge in [0.25, 0.3) is 5.91 Å². The third-order valence-corrected chi connectivity index (χ3v) is 3.15. The monoisotopic (exact) mass is 261 g/mol. The molecule has 0 bridgehead atoms. The number of benzene rings is 1. The van der Waals surface area contributed by atoms with Crippen molar-refractivity contribution in [3.05, 3.63) is 59.5 Å². The SMILES string of the molecule is CSCc1ccc(C(=O)NCc2ccco2)cc1. The zero-order chi connectivity index (χ0) is 12.8. The maximum Gasteiger partial charge on any atom is 0.251 e. The van der Waals surface area contributed by atoms with Crippen LogP contribution in [0, 0.1) is 0 Å². The molecular formula is C14H15NO2S. The summed E-state index contributed by atoms with van der Waals surface area (Å²) < 4.78 is 5.15. The molecule has 1 N–H and O–H groups in total. The maximum atomic E-state index is 11.9. The van der Waals surface area contributed by atoms with Crippen LogP contribution in [0.1, 0.15) is 21.7 Å². The number of amides is 1. The minimum Gasteiger partial charge on any atom is -0.467 e. The number of carbonyl (C=O) groups excluding carboxylic acids is 1. The highest BCUT2D eigenvalue weighted by Crippen LogP contribution is 2.10. The van der Waals surface area contributed by atoms with Gasteiger partial charge in [-0.05, 0) is 36.1 Å². The molecule has 0 aliphatic rings. The fourth-order valence-corrected chi connectivity index (χ4v) is 2.13. The van der Waals surface area contributed by atoms with Crippen molar-refractivity contribution in [2.24, 2.45) is 0 Å². The molecule has 0 aliphatic carbocycles. The van der Waals surface area contributed by atoms with E-state index in [-0.39, 0.29) is 5.91 Å². The molecule has 2 aromatic rings. The van der Waals surface area contributed by atoms with Crippen molar-refractivity contribution in [3.8, 4) is 0 Å². The molecule has 0 saturated heterocycles. The normalized spacial score (nSPS) is 10.3. The Morgan fingerprint density at radius 1 is 1.28 bits per heavy atom. The van der Waals surface area contributed by atoms with E-state index in [1.54, 1.807) is 24.1 Å². The molecule has 2 rings (SSSR count). The first kappa shape index (κ1) is 12.8. The molecule has 18 heavy (non-hydrogen) atoms. The summed E-state index contributed by atoms with van der Waals surface area (Å²) in [6.07, 6.45) is 3.66. The van der Waals surface area contributed by atoms with Gasteiger partial charge in [-0.2, -0.15) is 11.8 Å². The van der Waals surface area contributed by atoms with Gasteiger partial charge < -0.3 is 9.73 Å². The van der Waals surface area contributed by atoms with Gasteiger partial charge in [0, 0.05) is 11.3 Å². The summed E-state index contributed by atoms with van der Waals surface area (Å²) in [4.78, 5) is 11.9.